The number of rotatable bonds is 4. The van der Waals surface area contributed by atoms with Gasteiger partial charge in [-0.25, -0.2) is 0 Å². The standard InChI is InChI=1S/C16H31NO/c1-4-13-7-9-16(10-8-13)15(14(5-2)6-3)17-11-12-18-16/h13-15,17H,4-12H2,1-3H3. The van der Waals surface area contributed by atoms with Gasteiger partial charge in [0.2, 0.25) is 0 Å². The van der Waals surface area contributed by atoms with Crippen LogP contribution in [0.1, 0.15) is 65.7 Å². The molecule has 0 radical (unpaired) electrons. The molecule has 1 saturated carbocycles. The van der Waals surface area contributed by atoms with E-state index in [1.807, 2.05) is 0 Å². The maximum absolute atomic E-state index is 6.33. The first-order chi connectivity index (χ1) is 8.75. The minimum Gasteiger partial charge on any atom is -0.372 e. The van der Waals surface area contributed by atoms with Crippen molar-refractivity contribution in [1.82, 2.24) is 5.32 Å². The molecule has 0 aromatic heterocycles. The van der Waals surface area contributed by atoms with E-state index in [9.17, 15) is 0 Å². The molecule has 1 aliphatic heterocycles. The number of hydrogen-bond donors (Lipinski definition) is 1. The summed E-state index contributed by atoms with van der Waals surface area (Å²) < 4.78 is 6.33. The molecule has 2 heteroatoms. The lowest BCUT2D eigenvalue weighted by molar-refractivity contribution is -0.136. The molecule has 0 aromatic carbocycles. The molecule has 1 unspecified atom stereocenters. The van der Waals surface area contributed by atoms with Gasteiger partial charge in [-0.1, -0.05) is 40.0 Å². The summed E-state index contributed by atoms with van der Waals surface area (Å²) in [6, 6.07) is 0.596. The van der Waals surface area contributed by atoms with Crippen LogP contribution in [0.3, 0.4) is 0 Å². The van der Waals surface area contributed by atoms with Gasteiger partial charge < -0.3 is 10.1 Å². The predicted octanol–water partition coefficient (Wildman–Crippen LogP) is 3.75. The molecule has 1 aliphatic carbocycles. The van der Waals surface area contributed by atoms with Gasteiger partial charge in [-0.2, -0.15) is 0 Å². The van der Waals surface area contributed by atoms with Crippen molar-refractivity contribution in [3.05, 3.63) is 0 Å². The van der Waals surface area contributed by atoms with Gasteiger partial charge in [-0.05, 0) is 37.5 Å². The molecule has 0 amide bonds. The molecule has 1 N–H and O–H groups in total. The zero-order valence-corrected chi connectivity index (χ0v) is 12.5. The smallest absolute Gasteiger partial charge is 0.0838 e. The molecule has 0 bridgehead atoms. The van der Waals surface area contributed by atoms with Gasteiger partial charge in [0.25, 0.3) is 0 Å². The lowest BCUT2D eigenvalue weighted by Crippen LogP contribution is -2.62. The normalized spacial score (nSPS) is 37.3. The average Bonchev–Trinajstić information content (AvgIpc) is 2.43. The first kappa shape index (κ1) is 14.3. The van der Waals surface area contributed by atoms with E-state index in [2.05, 4.69) is 26.1 Å². The molecule has 0 aromatic rings. The van der Waals surface area contributed by atoms with E-state index in [1.165, 1.54) is 44.9 Å². The molecule has 18 heavy (non-hydrogen) atoms. The lowest BCUT2D eigenvalue weighted by Gasteiger charge is -2.51. The van der Waals surface area contributed by atoms with Crippen LogP contribution in [0, 0.1) is 11.8 Å². The second-order valence-corrected chi connectivity index (χ2v) is 6.27. The summed E-state index contributed by atoms with van der Waals surface area (Å²) in [5.41, 5.74) is 0.167. The quantitative estimate of drug-likeness (QED) is 0.824. The summed E-state index contributed by atoms with van der Waals surface area (Å²) in [6.07, 6.45) is 9.19. The van der Waals surface area contributed by atoms with E-state index < -0.39 is 0 Å². The third kappa shape index (κ3) is 2.75. The molecule has 1 spiro atoms. The lowest BCUT2D eigenvalue weighted by atomic mass is 9.69. The van der Waals surface area contributed by atoms with Gasteiger partial charge in [0, 0.05) is 12.6 Å². The largest absolute Gasteiger partial charge is 0.372 e. The van der Waals surface area contributed by atoms with Crippen molar-refractivity contribution in [3.63, 3.8) is 0 Å². The number of ether oxygens (including phenoxy) is 1. The van der Waals surface area contributed by atoms with Crippen molar-refractivity contribution in [2.75, 3.05) is 13.2 Å². The minimum atomic E-state index is 0.167. The fraction of sp³-hybridized carbons (Fsp3) is 1.00. The van der Waals surface area contributed by atoms with Gasteiger partial charge in [-0.3, -0.25) is 0 Å². The Kier molecular flexibility index (Phi) is 5.08. The van der Waals surface area contributed by atoms with Gasteiger partial charge in [0.1, 0.15) is 0 Å². The fourth-order valence-electron chi connectivity index (χ4n) is 4.13. The topological polar surface area (TPSA) is 21.3 Å². The Bertz CT molecular complexity index is 241. The molecule has 2 nitrogen and oxygen atoms in total. The highest BCUT2D eigenvalue weighted by Crippen LogP contribution is 2.42. The summed E-state index contributed by atoms with van der Waals surface area (Å²) in [7, 11) is 0. The van der Waals surface area contributed by atoms with Crippen LogP contribution in [0.25, 0.3) is 0 Å². The van der Waals surface area contributed by atoms with Crippen molar-refractivity contribution in [2.24, 2.45) is 11.8 Å². The van der Waals surface area contributed by atoms with E-state index in [1.54, 1.807) is 0 Å². The van der Waals surface area contributed by atoms with Crippen LogP contribution in [-0.2, 0) is 4.74 Å². The maximum atomic E-state index is 6.33. The van der Waals surface area contributed by atoms with E-state index >= 15 is 0 Å². The molecule has 1 saturated heterocycles. The molecule has 1 heterocycles. The summed E-state index contributed by atoms with van der Waals surface area (Å²) in [5.74, 6) is 1.73. The summed E-state index contributed by atoms with van der Waals surface area (Å²) in [5, 5.41) is 3.79. The number of morpholine rings is 1. The Morgan fingerprint density at radius 2 is 1.83 bits per heavy atom. The first-order valence-electron chi connectivity index (χ1n) is 8.13. The van der Waals surface area contributed by atoms with Crippen molar-refractivity contribution >= 4 is 0 Å². The zero-order valence-electron chi connectivity index (χ0n) is 12.5. The van der Waals surface area contributed by atoms with E-state index in [0.717, 1.165) is 25.0 Å². The third-order valence-electron chi connectivity index (χ3n) is 5.47. The first-order valence-corrected chi connectivity index (χ1v) is 8.13. The van der Waals surface area contributed by atoms with Gasteiger partial charge >= 0.3 is 0 Å². The Morgan fingerprint density at radius 3 is 2.39 bits per heavy atom. The van der Waals surface area contributed by atoms with Crippen LogP contribution < -0.4 is 5.32 Å². The second kappa shape index (κ2) is 6.38. The minimum absolute atomic E-state index is 0.167. The van der Waals surface area contributed by atoms with E-state index in [4.69, 9.17) is 4.74 Å². The summed E-state index contributed by atoms with van der Waals surface area (Å²) in [4.78, 5) is 0. The van der Waals surface area contributed by atoms with E-state index in [0.29, 0.717) is 6.04 Å². The Balaban J connectivity index is 2.07. The Hall–Kier alpha value is -0.0800. The SMILES string of the molecule is CCC1CCC2(CC1)OCCNC2C(CC)CC. The molecule has 2 rings (SSSR count). The van der Waals surface area contributed by atoms with Gasteiger partial charge in [0.05, 0.1) is 12.2 Å². The maximum Gasteiger partial charge on any atom is 0.0838 e. The van der Waals surface area contributed by atoms with Crippen LogP contribution in [0.2, 0.25) is 0 Å². The van der Waals surface area contributed by atoms with Crippen molar-refractivity contribution in [3.8, 4) is 0 Å². The van der Waals surface area contributed by atoms with Crippen LogP contribution in [0.15, 0.2) is 0 Å². The van der Waals surface area contributed by atoms with Crippen LogP contribution in [0.5, 0.6) is 0 Å². The molecule has 1 atom stereocenters. The van der Waals surface area contributed by atoms with Gasteiger partial charge in [-0.15, -0.1) is 0 Å². The summed E-state index contributed by atoms with van der Waals surface area (Å²) >= 11 is 0. The zero-order chi connectivity index (χ0) is 13.0. The second-order valence-electron chi connectivity index (χ2n) is 6.27. The fourth-order valence-corrected chi connectivity index (χ4v) is 4.13. The molecule has 2 aliphatic rings. The van der Waals surface area contributed by atoms with Crippen LogP contribution in [0.4, 0.5) is 0 Å². The van der Waals surface area contributed by atoms with Crippen molar-refractivity contribution in [2.45, 2.75) is 77.4 Å². The third-order valence-corrected chi connectivity index (χ3v) is 5.47. The van der Waals surface area contributed by atoms with Crippen LogP contribution >= 0.6 is 0 Å². The molecule has 2 fully saturated rings. The monoisotopic (exact) mass is 253 g/mol. The molecular weight excluding hydrogens is 222 g/mol. The van der Waals surface area contributed by atoms with Crippen LogP contribution in [-0.4, -0.2) is 24.8 Å². The molecular formula is C16H31NO. The Labute approximate surface area is 113 Å². The number of hydrogen-bond acceptors (Lipinski definition) is 2. The highest BCUT2D eigenvalue weighted by atomic mass is 16.5. The van der Waals surface area contributed by atoms with Crippen molar-refractivity contribution < 1.29 is 4.74 Å². The van der Waals surface area contributed by atoms with E-state index in [-0.39, 0.29) is 5.60 Å². The summed E-state index contributed by atoms with van der Waals surface area (Å²) in [6.45, 7) is 8.94. The highest BCUT2D eigenvalue weighted by Gasteiger charge is 2.46. The van der Waals surface area contributed by atoms with Crippen molar-refractivity contribution in [1.29, 1.82) is 0 Å². The molecule has 106 valence electrons. The number of nitrogens with one attached hydrogen (secondary N) is 1. The predicted molar refractivity (Wildman–Crippen MR) is 76.8 cm³/mol. The highest BCUT2D eigenvalue weighted by molar-refractivity contribution is 5.01. The van der Waals surface area contributed by atoms with Gasteiger partial charge in [0.15, 0.2) is 0 Å². The average molecular weight is 253 g/mol. The Morgan fingerprint density at radius 1 is 1.17 bits per heavy atom.